The van der Waals surface area contributed by atoms with Gasteiger partial charge in [0.2, 0.25) is 5.91 Å². The Bertz CT molecular complexity index is 1310. The molecule has 192 valence electrons. The zero-order valence-electron chi connectivity index (χ0n) is 20.3. The van der Waals surface area contributed by atoms with E-state index in [0.717, 1.165) is 24.8 Å². The van der Waals surface area contributed by atoms with Crippen LogP contribution in [0.2, 0.25) is 5.02 Å². The number of aliphatic hydroxyl groups is 1. The van der Waals surface area contributed by atoms with Gasteiger partial charge in [0.15, 0.2) is 6.23 Å². The number of nitrogens with one attached hydrogen (secondary N) is 1. The molecule has 3 atom stereocenters. The van der Waals surface area contributed by atoms with Crippen molar-refractivity contribution in [2.45, 2.75) is 50.5 Å². The summed E-state index contributed by atoms with van der Waals surface area (Å²) in [5.74, 6) is -0.586. The Labute approximate surface area is 220 Å². The molecule has 1 fully saturated rings. The smallest absolute Gasteiger partial charge is 0.337 e. The topological polar surface area (TPSA) is 99.1 Å². The first-order valence-electron chi connectivity index (χ1n) is 12.5. The van der Waals surface area contributed by atoms with E-state index in [1.807, 2.05) is 24.3 Å². The third kappa shape index (κ3) is 5.64. The second-order valence-electron chi connectivity index (χ2n) is 9.55. The third-order valence-corrected chi connectivity index (χ3v) is 7.30. The number of fused-ring (bicyclic) bond motifs is 1. The number of aryl methyl sites for hydroxylation is 1. The maximum absolute atomic E-state index is 12.7. The van der Waals surface area contributed by atoms with Crippen LogP contribution in [-0.4, -0.2) is 40.9 Å². The van der Waals surface area contributed by atoms with Crippen molar-refractivity contribution in [1.29, 1.82) is 0 Å². The number of hydrogen-bond acceptors (Lipinski definition) is 5. The Hall–Kier alpha value is -3.39. The monoisotopic (exact) mass is 520 g/mol. The molecule has 1 amide bonds. The third-order valence-electron chi connectivity index (χ3n) is 7.07. The van der Waals surface area contributed by atoms with Crippen molar-refractivity contribution < 1.29 is 24.5 Å². The van der Waals surface area contributed by atoms with Crippen LogP contribution < -0.4 is 15.0 Å². The quantitative estimate of drug-likeness (QED) is 0.396. The van der Waals surface area contributed by atoms with E-state index in [2.05, 4.69) is 11.4 Å². The molecule has 0 radical (unpaired) electrons. The number of benzene rings is 3. The first-order chi connectivity index (χ1) is 17.9. The van der Waals surface area contributed by atoms with Gasteiger partial charge in [-0.25, -0.2) is 4.79 Å². The minimum absolute atomic E-state index is 0.0747. The standard InChI is InChI=1S/C29H29ClN2O5/c30-21-5-3-4-19(14-21)26(33)17-31-22-10-8-18-9-11-23(16-20(18)15-22)37-28-13-12-27(34)32(28)25-7-2-1-6-24(25)29(35)36/h1-7,9,11,14,16,22,26,28,31,33H,8,10,12-13,15,17H2,(H,35,36)/t22-,26+,28?/m0/s1. The molecule has 1 heterocycles. The Morgan fingerprint density at radius 2 is 1.89 bits per heavy atom. The number of aliphatic hydroxyl groups excluding tert-OH is 1. The van der Waals surface area contributed by atoms with Crippen LogP contribution >= 0.6 is 11.6 Å². The van der Waals surface area contributed by atoms with E-state index < -0.39 is 18.3 Å². The largest absolute Gasteiger partial charge is 0.478 e. The van der Waals surface area contributed by atoms with Gasteiger partial charge in [0.25, 0.3) is 0 Å². The minimum Gasteiger partial charge on any atom is -0.478 e. The van der Waals surface area contributed by atoms with Crippen LogP contribution in [0.3, 0.4) is 0 Å². The number of halogens is 1. The van der Waals surface area contributed by atoms with Gasteiger partial charge in [-0.1, -0.05) is 41.9 Å². The highest BCUT2D eigenvalue weighted by Gasteiger charge is 2.36. The number of carboxylic acid groups (broad SMARTS) is 1. The summed E-state index contributed by atoms with van der Waals surface area (Å²) in [7, 11) is 0. The van der Waals surface area contributed by atoms with Crippen molar-refractivity contribution in [3.63, 3.8) is 0 Å². The van der Waals surface area contributed by atoms with Gasteiger partial charge in [0.1, 0.15) is 5.75 Å². The number of hydrogen-bond donors (Lipinski definition) is 3. The lowest BCUT2D eigenvalue weighted by Crippen LogP contribution is -2.38. The fraction of sp³-hybridized carbons (Fsp3) is 0.310. The predicted octanol–water partition coefficient (Wildman–Crippen LogP) is 4.75. The lowest BCUT2D eigenvalue weighted by Gasteiger charge is -2.29. The summed E-state index contributed by atoms with van der Waals surface area (Å²) < 4.78 is 6.26. The molecule has 0 saturated carbocycles. The van der Waals surface area contributed by atoms with Crippen LogP contribution in [0.5, 0.6) is 5.75 Å². The van der Waals surface area contributed by atoms with Crippen molar-refractivity contribution in [3.05, 3.63) is 94.0 Å². The van der Waals surface area contributed by atoms with Gasteiger partial charge in [-0.05, 0) is 72.4 Å². The van der Waals surface area contributed by atoms with Gasteiger partial charge in [0, 0.05) is 30.5 Å². The second kappa shape index (κ2) is 10.9. The first-order valence-corrected chi connectivity index (χ1v) is 12.9. The number of aromatic carboxylic acids is 1. The number of ether oxygens (including phenoxy) is 1. The summed E-state index contributed by atoms with van der Waals surface area (Å²) in [5, 5.41) is 24.2. The zero-order valence-corrected chi connectivity index (χ0v) is 21.0. The highest BCUT2D eigenvalue weighted by molar-refractivity contribution is 6.30. The molecule has 2 aliphatic rings. The van der Waals surface area contributed by atoms with E-state index in [4.69, 9.17) is 16.3 Å². The van der Waals surface area contributed by atoms with Gasteiger partial charge in [-0.3, -0.25) is 9.69 Å². The number of rotatable bonds is 8. The Kier molecular flexibility index (Phi) is 7.46. The number of anilines is 1. The van der Waals surface area contributed by atoms with Gasteiger partial charge < -0.3 is 20.3 Å². The molecule has 7 nitrogen and oxygen atoms in total. The predicted molar refractivity (Wildman–Crippen MR) is 141 cm³/mol. The summed E-state index contributed by atoms with van der Waals surface area (Å²) in [6, 6.07) is 20.0. The lowest BCUT2D eigenvalue weighted by molar-refractivity contribution is -0.117. The van der Waals surface area contributed by atoms with Crippen LogP contribution in [0.25, 0.3) is 0 Å². The SMILES string of the molecule is O=C(O)c1ccccc1N1C(=O)CCC1Oc1ccc2c(c1)C[C@@H](NC[C@@H](O)c1cccc(Cl)c1)CC2. The van der Waals surface area contributed by atoms with Crippen LogP contribution in [0.4, 0.5) is 5.69 Å². The number of carbonyl (C=O) groups is 2. The molecule has 8 heteroatoms. The normalized spacial score (nSPS) is 19.9. The average molecular weight is 521 g/mol. The van der Waals surface area contributed by atoms with Gasteiger partial charge in [0.05, 0.1) is 17.4 Å². The maximum atomic E-state index is 12.7. The Morgan fingerprint density at radius 1 is 1.05 bits per heavy atom. The molecule has 0 bridgehead atoms. The van der Waals surface area contributed by atoms with E-state index in [9.17, 15) is 19.8 Å². The highest BCUT2D eigenvalue weighted by atomic mass is 35.5. The fourth-order valence-electron chi connectivity index (χ4n) is 5.17. The summed E-state index contributed by atoms with van der Waals surface area (Å²) in [5.41, 5.74) is 3.64. The van der Waals surface area contributed by atoms with E-state index in [0.29, 0.717) is 35.8 Å². The van der Waals surface area contributed by atoms with Gasteiger partial charge >= 0.3 is 5.97 Å². The molecular weight excluding hydrogens is 492 g/mol. The van der Waals surface area contributed by atoms with Crippen molar-refractivity contribution in [3.8, 4) is 5.75 Å². The Morgan fingerprint density at radius 3 is 2.70 bits per heavy atom. The van der Waals surface area contributed by atoms with Crippen molar-refractivity contribution in [2.75, 3.05) is 11.4 Å². The molecule has 1 saturated heterocycles. The summed E-state index contributed by atoms with van der Waals surface area (Å²) in [4.78, 5) is 25.9. The second-order valence-corrected chi connectivity index (χ2v) is 9.98. The lowest BCUT2D eigenvalue weighted by atomic mass is 9.88. The molecule has 1 aliphatic carbocycles. The molecule has 37 heavy (non-hydrogen) atoms. The van der Waals surface area contributed by atoms with Crippen LogP contribution in [0.15, 0.2) is 66.7 Å². The molecule has 1 aliphatic heterocycles. The van der Waals surface area contributed by atoms with Gasteiger partial charge in [-0.2, -0.15) is 0 Å². The van der Waals surface area contributed by atoms with Crippen LogP contribution in [-0.2, 0) is 17.6 Å². The molecule has 0 aromatic heterocycles. The molecule has 3 aromatic carbocycles. The molecule has 3 N–H and O–H groups in total. The van der Waals surface area contributed by atoms with Crippen LogP contribution in [0.1, 0.15) is 52.4 Å². The highest BCUT2D eigenvalue weighted by Crippen LogP contribution is 2.33. The zero-order chi connectivity index (χ0) is 25.9. The van der Waals surface area contributed by atoms with Crippen LogP contribution in [0, 0.1) is 0 Å². The average Bonchev–Trinajstić information content (AvgIpc) is 3.26. The van der Waals surface area contributed by atoms with Gasteiger partial charge in [-0.15, -0.1) is 0 Å². The van der Waals surface area contributed by atoms with E-state index in [1.54, 1.807) is 30.3 Å². The minimum atomic E-state index is -1.08. The van der Waals surface area contributed by atoms with E-state index >= 15 is 0 Å². The van der Waals surface area contributed by atoms with Crippen molar-refractivity contribution in [2.24, 2.45) is 0 Å². The fourth-order valence-corrected chi connectivity index (χ4v) is 5.37. The van der Waals surface area contributed by atoms with E-state index in [-0.39, 0.29) is 17.5 Å². The summed E-state index contributed by atoms with van der Waals surface area (Å²) in [6.45, 7) is 0.429. The van der Waals surface area contributed by atoms with Crippen molar-refractivity contribution in [1.82, 2.24) is 5.32 Å². The van der Waals surface area contributed by atoms with Crippen molar-refractivity contribution >= 4 is 29.2 Å². The number of para-hydroxylation sites is 1. The Balaban J connectivity index is 1.26. The molecule has 1 unspecified atom stereocenters. The summed E-state index contributed by atoms with van der Waals surface area (Å²) in [6.07, 6.45) is 2.24. The number of carbonyl (C=O) groups excluding carboxylic acids is 1. The number of nitrogens with zero attached hydrogens (tertiary/aromatic N) is 1. The molecule has 5 rings (SSSR count). The summed E-state index contributed by atoms with van der Waals surface area (Å²) >= 11 is 6.05. The molecular formula is C29H29ClN2O5. The maximum Gasteiger partial charge on any atom is 0.337 e. The number of amides is 1. The molecule has 3 aromatic rings. The molecule has 0 spiro atoms. The number of carboxylic acids is 1. The van der Waals surface area contributed by atoms with E-state index in [1.165, 1.54) is 22.1 Å². The first kappa shape index (κ1) is 25.3.